The highest BCUT2D eigenvalue weighted by molar-refractivity contribution is 6.00. The van der Waals surface area contributed by atoms with Gasteiger partial charge in [-0.05, 0) is 129 Å². The first-order valence-corrected chi connectivity index (χ1v) is 26.9. The molecule has 7 amide bonds. The summed E-state index contributed by atoms with van der Waals surface area (Å²) in [6, 6.07) is 20.7. The van der Waals surface area contributed by atoms with Gasteiger partial charge in [0.2, 0.25) is 35.4 Å². The number of phenols is 1. The number of aliphatic hydroxyl groups excluding tert-OH is 3. The number of aliphatic hydroxyl groups is 3. The van der Waals surface area contributed by atoms with Crippen molar-refractivity contribution >= 4 is 41.4 Å². The number of ether oxygens (including phenoxy) is 1. The number of carbonyl (C=O) groups is 7. The molecule has 77 heavy (non-hydrogen) atoms. The predicted molar refractivity (Wildman–Crippen MR) is 287 cm³/mol. The average molecular weight is 1060 g/mol. The van der Waals surface area contributed by atoms with Crippen LogP contribution in [0.1, 0.15) is 101 Å². The smallest absolute Gasteiger partial charge is 0.251 e. The topological polar surface area (TPSA) is 276 Å². The summed E-state index contributed by atoms with van der Waals surface area (Å²) >= 11 is 0. The maximum absolute atomic E-state index is 14.4. The zero-order valence-electron chi connectivity index (χ0n) is 44.0. The number of aromatic hydroxyl groups is 1. The molecule has 0 aromatic heterocycles. The van der Waals surface area contributed by atoms with Crippen LogP contribution in [-0.2, 0) is 35.2 Å². The minimum atomic E-state index is -1.67. The number of aryl methyl sites for hydroxylation is 1. The highest BCUT2D eigenvalue weighted by Crippen LogP contribution is 2.28. The molecule has 3 aliphatic heterocycles. The molecule has 9 N–H and O–H groups in total. The number of rotatable bonds is 14. The van der Waals surface area contributed by atoms with Gasteiger partial charge in [0.25, 0.3) is 5.91 Å². The van der Waals surface area contributed by atoms with Crippen LogP contribution in [0.15, 0.2) is 97.1 Å². The van der Waals surface area contributed by atoms with Gasteiger partial charge < -0.3 is 61.5 Å². The Morgan fingerprint density at radius 1 is 0.675 bits per heavy atom. The van der Waals surface area contributed by atoms with Crippen molar-refractivity contribution in [3.05, 3.63) is 108 Å². The van der Waals surface area contributed by atoms with E-state index in [2.05, 4.69) is 33.5 Å². The van der Waals surface area contributed by atoms with Crippen LogP contribution in [-0.4, -0.2) is 152 Å². The second kappa shape index (κ2) is 27.1. The number of nitrogens with one attached hydrogen (secondary N) is 5. The fourth-order valence-corrected chi connectivity index (χ4v) is 10.0. The average Bonchev–Trinajstić information content (AvgIpc) is 3.83. The van der Waals surface area contributed by atoms with Crippen molar-refractivity contribution in [1.29, 1.82) is 0 Å². The van der Waals surface area contributed by atoms with Gasteiger partial charge in [0.05, 0.1) is 24.9 Å². The van der Waals surface area contributed by atoms with Crippen molar-refractivity contribution in [3.8, 4) is 33.8 Å². The largest absolute Gasteiger partial charge is 0.508 e. The van der Waals surface area contributed by atoms with Gasteiger partial charge in [-0.25, -0.2) is 0 Å². The summed E-state index contributed by atoms with van der Waals surface area (Å²) in [4.78, 5) is 102. The standard InChI is InChI=1S/C58H73N7O12/c1-4-5-8-32-77-45-27-23-41(24-28-45)39-17-15-38(16-18-39)40-19-21-42(22-20-40)52(70)60-46-10-9-30-59-55(73)48-11-6-7-31-64(48)57(75)50(35(2)66)62-54(72)47(29-14-37-12-25-43(68)26-13-37)61-56(74)49-33-44(69)34-65(49)58(76)51(36(3)67)63-53(46)71/h12-13,15-28,35-36,44,46-51,66-69H,4-11,14,29-34H2,1-3H3,(H,59,73)(H,60,70)(H,61,74)(H,62,72)(H,63,71)/t35-,36-,44-,46+,47+,48+,49+,50+,51+/m1/s1. The Morgan fingerprint density at radius 3 is 1.87 bits per heavy atom. The third-order valence-corrected chi connectivity index (χ3v) is 14.5. The zero-order valence-corrected chi connectivity index (χ0v) is 44.0. The van der Waals surface area contributed by atoms with E-state index in [1.54, 1.807) is 36.4 Å². The molecule has 3 aliphatic rings. The first kappa shape index (κ1) is 57.4. The van der Waals surface area contributed by atoms with Gasteiger partial charge in [-0.2, -0.15) is 0 Å². The van der Waals surface area contributed by atoms with E-state index in [-0.39, 0.29) is 69.5 Å². The molecule has 7 rings (SSSR count). The minimum Gasteiger partial charge on any atom is -0.508 e. The fraction of sp³-hybridized carbons (Fsp3) is 0.466. The van der Waals surface area contributed by atoms with E-state index >= 15 is 0 Å². The van der Waals surface area contributed by atoms with Crippen LogP contribution in [0.5, 0.6) is 11.5 Å². The molecule has 3 fully saturated rings. The van der Waals surface area contributed by atoms with Crippen LogP contribution < -0.4 is 31.3 Å². The summed E-state index contributed by atoms with van der Waals surface area (Å²) in [7, 11) is 0. The van der Waals surface area contributed by atoms with Crippen LogP contribution >= 0.6 is 0 Å². The molecule has 0 aliphatic carbocycles. The summed E-state index contributed by atoms with van der Waals surface area (Å²) < 4.78 is 5.86. The SMILES string of the molecule is CCCCCOc1ccc(-c2ccc(-c3ccc(C(=O)N[C@H]4CCCNC(=O)[C@@H]5CCCCN5C(=O)[C@H]([C@@H](C)O)NC(=O)[C@H](CCc5ccc(O)cc5)NC(=O)[C@@H]5C[C@@H](O)CN5C(=O)[C@H]([C@@H](C)O)NC4=O)cc3)cc2)cc1. The Hall–Kier alpha value is -7.35. The van der Waals surface area contributed by atoms with E-state index in [4.69, 9.17) is 4.74 Å². The van der Waals surface area contributed by atoms with Crippen molar-refractivity contribution in [2.24, 2.45) is 0 Å². The van der Waals surface area contributed by atoms with E-state index in [0.717, 1.165) is 52.2 Å². The first-order chi connectivity index (χ1) is 37.0. The minimum absolute atomic E-state index is 0.00250. The summed E-state index contributed by atoms with van der Waals surface area (Å²) in [5, 5.41) is 56.2. The van der Waals surface area contributed by atoms with Crippen LogP contribution in [0.3, 0.4) is 0 Å². The predicted octanol–water partition coefficient (Wildman–Crippen LogP) is 3.50. The third kappa shape index (κ3) is 15.2. The molecule has 4 aromatic rings. The van der Waals surface area contributed by atoms with Crippen LogP contribution in [0.4, 0.5) is 0 Å². The molecule has 412 valence electrons. The molecular formula is C58H73N7O12. The van der Waals surface area contributed by atoms with Gasteiger partial charge in [0.15, 0.2) is 0 Å². The number of amides is 7. The molecule has 3 heterocycles. The van der Waals surface area contributed by atoms with Crippen molar-refractivity contribution in [2.45, 2.75) is 146 Å². The lowest BCUT2D eigenvalue weighted by molar-refractivity contribution is -0.147. The normalized spacial score (nSPS) is 23.9. The number of piperidine rings is 1. The van der Waals surface area contributed by atoms with Crippen molar-refractivity contribution in [3.63, 3.8) is 0 Å². The van der Waals surface area contributed by atoms with E-state index < -0.39 is 95.9 Å². The zero-order chi connectivity index (χ0) is 55.2. The highest BCUT2D eigenvalue weighted by Gasteiger charge is 2.45. The summed E-state index contributed by atoms with van der Waals surface area (Å²) in [6.45, 7) is 5.22. The number of unbranched alkanes of at least 4 members (excludes halogenated alkanes) is 2. The highest BCUT2D eigenvalue weighted by atomic mass is 16.5. The molecule has 0 saturated carbocycles. The van der Waals surface area contributed by atoms with E-state index in [1.807, 2.05) is 48.5 Å². The molecule has 9 atom stereocenters. The van der Waals surface area contributed by atoms with Gasteiger partial charge in [-0.3, -0.25) is 33.6 Å². The lowest BCUT2D eigenvalue weighted by Gasteiger charge is -2.38. The Morgan fingerprint density at radius 2 is 1.26 bits per heavy atom. The molecule has 0 spiro atoms. The third-order valence-electron chi connectivity index (χ3n) is 14.5. The number of hydrogen-bond acceptors (Lipinski definition) is 12. The summed E-state index contributed by atoms with van der Waals surface area (Å²) in [5.74, 6) is -4.46. The van der Waals surface area contributed by atoms with E-state index in [1.165, 1.54) is 30.9 Å². The molecule has 0 radical (unpaired) electrons. The second-order valence-corrected chi connectivity index (χ2v) is 20.4. The molecule has 0 unspecified atom stereocenters. The Bertz CT molecular complexity index is 2670. The van der Waals surface area contributed by atoms with Gasteiger partial charge in [0.1, 0.15) is 47.8 Å². The number of benzene rings is 4. The summed E-state index contributed by atoms with van der Waals surface area (Å²) in [5.41, 5.74) is 4.70. The maximum atomic E-state index is 14.4. The van der Waals surface area contributed by atoms with Crippen molar-refractivity contribution in [1.82, 2.24) is 36.4 Å². The first-order valence-electron chi connectivity index (χ1n) is 26.9. The van der Waals surface area contributed by atoms with Gasteiger partial charge in [-0.15, -0.1) is 0 Å². The molecule has 0 bridgehead atoms. The monoisotopic (exact) mass is 1060 g/mol. The van der Waals surface area contributed by atoms with Gasteiger partial charge >= 0.3 is 0 Å². The number of fused-ring (bicyclic) bond motifs is 2. The van der Waals surface area contributed by atoms with E-state index in [9.17, 15) is 54.0 Å². The lowest BCUT2D eigenvalue weighted by atomic mass is 9.98. The Balaban J connectivity index is 1.11. The summed E-state index contributed by atoms with van der Waals surface area (Å²) in [6.07, 6.45) is 0.480. The van der Waals surface area contributed by atoms with Crippen molar-refractivity contribution < 1.29 is 58.7 Å². The number of nitrogens with zero attached hydrogens (tertiary/aromatic N) is 2. The maximum Gasteiger partial charge on any atom is 0.251 e. The van der Waals surface area contributed by atoms with Crippen LogP contribution in [0.2, 0.25) is 0 Å². The number of phenolic OH excluding ortho intramolecular Hbond substituents is 1. The Labute approximate surface area is 449 Å². The molecule has 4 aromatic carbocycles. The molecule has 3 saturated heterocycles. The quantitative estimate of drug-likeness (QED) is 0.0822. The van der Waals surface area contributed by atoms with Gasteiger partial charge in [0, 0.05) is 31.6 Å². The molecular weight excluding hydrogens is 987 g/mol. The second-order valence-electron chi connectivity index (χ2n) is 20.4. The fourth-order valence-electron chi connectivity index (χ4n) is 10.0. The number of carbonyl (C=O) groups excluding carboxylic acids is 7. The molecule has 19 heteroatoms. The Kier molecular flexibility index (Phi) is 20.2. The van der Waals surface area contributed by atoms with Crippen LogP contribution in [0, 0.1) is 0 Å². The number of hydrogen-bond donors (Lipinski definition) is 9. The molecule has 19 nitrogen and oxygen atoms in total. The van der Waals surface area contributed by atoms with E-state index in [0.29, 0.717) is 25.0 Å². The lowest BCUT2D eigenvalue weighted by Crippen LogP contribution is -2.62. The van der Waals surface area contributed by atoms with Crippen LogP contribution in [0.25, 0.3) is 22.3 Å². The van der Waals surface area contributed by atoms with Gasteiger partial charge in [-0.1, -0.05) is 80.4 Å². The van der Waals surface area contributed by atoms with Crippen molar-refractivity contribution in [2.75, 3.05) is 26.2 Å².